The second kappa shape index (κ2) is 9.72. The number of aryl methyl sites for hydroxylation is 1. The Balaban J connectivity index is 1.20. The highest BCUT2D eigenvalue weighted by molar-refractivity contribution is 5.79. The van der Waals surface area contributed by atoms with E-state index in [-0.39, 0.29) is 17.9 Å². The molecular formula is C23H34N4O2. The van der Waals surface area contributed by atoms with E-state index in [1.165, 1.54) is 17.5 Å². The van der Waals surface area contributed by atoms with Crippen molar-refractivity contribution in [1.82, 2.24) is 20.0 Å². The smallest absolute Gasteiger partial charge is 0.236 e. The summed E-state index contributed by atoms with van der Waals surface area (Å²) < 4.78 is 0. The Labute approximate surface area is 174 Å². The lowest BCUT2D eigenvalue weighted by Crippen LogP contribution is -2.52. The second-order valence-corrected chi connectivity index (χ2v) is 8.70. The molecular weight excluding hydrogens is 364 g/mol. The minimum absolute atomic E-state index is 0.115. The van der Waals surface area contributed by atoms with Crippen LogP contribution in [0.4, 0.5) is 0 Å². The molecule has 6 heteroatoms. The molecule has 0 saturated carbocycles. The summed E-state index contributed by atoms with van der Waals surface area (Å²) in [6.45, 7) is 6.24. The average Bonchev–Trinajstić information content (AvgIpc) is 2.76. The number of carbonyl (C=O) groups is 2. The van der Waals surface area contributed by atoms with Crippen molar-refractivity contribution in [2.75, 3.05) is 52.4 Å². The van der Waals surface area contributed by atoms with E-state index < -0.39 is 0 Å². The van der Waals surface area contributed by atoms with Crippen molar-refractivity contribution in [2.24, 2.45) is 0 Å². The van der Waals surface area contributed by atoms with Crippen molar-refractivity contribution in [2.45, 2.75) is 44.6 Å². The highest BCUT2D eigenvalue weighted by atomic mass is 16.2. The SMILES string of the molecule is O=C(CN1CCN(CC(=O)N2CCCCC2)CC1)N[C@@H]1CCCc2ccccc21. The molecule has 0 bridgehead atoms. The summed E-state index contributed by atoms with van der Waals surface area (Å²) in [5.74, 6) is 0.386. The number of amides is 2. The molecule has 6 nitrogen and oxygen atoms in total. The summed E-state index contributed by atoms with van der Waals surface area (Å²) in [6, 6.07) is 8.62. The van der Waals surface area contributed by atoms with Gasteiger partial charge >= 0.3 is 0 Å². The maximum absolute atomic E-state index is 12.6. The zero-order chi connectivity index (χ0) is 20.1. The summed E-state index contributed by atoms with van der Waals surface area (Å²) >= 11 is 0. The predicted octanol–water partition coefficient (Wildman–Crippen LogP) is 1.81. The van der Waals surface area contributed by atoms with Crippen LogP contribution in [-0.2, 0) is 16.0 Å². The number of likely N-dealkylation sites (tertiary alicyclic amines) is 1. The molecule has 29 heavy (non-hydrogen) atoms. The first-order valence-corrected chi connectivity index (χ1v) is 11.3. The van der Waals surface area contributed by atoms with E-state index in [0.717, 1.165) is 71.4 Å². The molecule has 0 aromatic heterocycles. The van der Waals surface area contributed by atoms with Crippen molar-refractivity contribution < 1.29 is 9.59 Å². The van der Waals surface area contributed by atoms with Crippen molar-refractivity contribution in [3.8, 4) is 0 Å². The fraction of sp³-hybridized carbons (Fsp3) is 0.652. The molecule has 4 rings (SSSR count). The topological polar surface area (TPSA) is 55.9 Å². The number of fused-ring (bicyclic) bond motifs is 1. The molecule has 3 aliphatic rings. The Hall–Kier alpha value is -1.92. The summed E-state index contributed by atoms with van der Waals surface area (Å²) in [6.07, 6.45) is 6.79. The molecule has 1 aromatic rings. The van der Waals surface area contributed by atoms with Crippen LogP contribution in [0.5, 0.6) is 0 Å². The van der Waals surface area contributed by atoms with Gasteiger partial charge in [0, 0.05) is 39.3 Å². The molecule has 1 N–H and O–H groups in total. The van der Waals surface area contributed by atoms with Crippen LogP contribution < -0.4 is 5.32 Å². The van der Waals surface area contributed by atoms with Gasteiger partial charge in [0.2, 0.25) is 11.8 Å². The molecule has 0 unspecified atom stereocenters. The molecule has 2 heterocycles. The van der Waals surface area contributed by atoms with Crippen LogP contribution in [0.1, 0.15) is 49.3 Å². The van der Waals surface area contributed by atoms with Crippen molar-refractivity contribution in [3.05, 3.63) is 35.4 Å². The average molecular weight is 399 g/mol. The van der Waals surface area contributed by atoms with Crippen molar-refractivity contribution in [1.29, 1.82) is 0 Å². The maximum atomic E-state index is 12.6. The Morgan fingerprint density at radius 2 is 1.55 bits per heavy atom. The van der Waals surface area contributed by atoms with Crippen molar-refractivity contribution in [3.63, 3.8) is 0 Å². The molecule has 2 fully saturated rings. The number of rotatable bonds is 5. The normalized spacial score (nSPS) is 23.4. The van der Waals surface area contributed by atoms with Gasteiger partial charge in [-0.1, -0.05) is 24.3 Å². The number of nitrogens with zero attached hydrogens (tertiary/aromatic N) is 3. The van der Waals surface area contributed by atoms with Gasteiger partial charge in [-0.15, -0.1) is 0 Å². The first-order valence-electron chi connectivity index (χ1n) is 11.3. The van der Waals surface area contributed by atoms with Gasteiger partial charge in [-0.2, -0.15) is 0 Å². The Morgan fingerprint density at radius 3 is 2.31 bits per heavy atom. The fourth-order valence-electron chi connectivity index (χ4n) is 4.89. The van der Waals surface area contributed by atoms with E-state index in [1.54, 1.807) is 0 Å². The van der Waals surface area contributed by atoms with E-state index in [0.29, 0.717) is 13.1 Å². The summed E-state index contributed by atoms with van der Waals surface area (Å²) in [5, 5.41) is 3.25. The Kier molecular flexibility index (Phi) is 6.82. The lowest BCUT2D eigenvalue weighted by atomic mass is 9.88. The van der Waals surface area contributed by atoms with Gasteiger partial charge in [0.25, 0.3) is 0 Å². The number of piperazine rings is 1. The van der Waals surface area contributed by atoms with E-state index in [2.05, 4.69) is 39.4 Å². The van der Waals surface area contributed by atoms with Gasteiger partial charge in [-0.05, 0) is 49.7 Å². The summed E-state index contributed by atoms with van der Waals surface area (Å²) in [7, 11) is 0. The molecule has 0 spiro atoms. The Morgan fingerprint density at radius 1 is 0.862 bits per heavy atom. The lowest BCUT2D eigenvalue weighted by Gasteiger charge is -2.36. The molecule has 2 aliphatic heterocycles. The minimum atomic E-state index is 0.115. The van der Waals surface area contributed by atoms with Crippen LogP contribution >= 0.6 is 0 Å². The van der Waals surface area contributed by atoms with Gasteiger partial charge in [-0.25, -0.2) is 0 Å². The predicted molar refractivity (Wildman–Crippen MR) is 114 cm³/mol. The molecule has 158 valence electrons. The number of carbonyl (C=O) groups excluding carboxylic acids is 2. The van der Waals surface area contributed by atoms with Crippen LogP contribution in [0.15, 0.2) is 24.3 Å². The van der Waals surface area contributed by atoms with Crippen LogP contribution in [0.25, 0.3) is 0 Å². The van der Waals surface area contributed by atoms with Crippen molar-refractivity contribution >= 4 is 11.8 Å². The standard InChI is InChI=1S/C23H34N4O2/c28-22(24-21-10-6-8-19-7-2-3-9-20(19)21)17-25-13-15-26(16-14-25)18-23(29)27-11-4-1-5-12-27/h2-3,7,9,21H,1,4-6,8,10-18H2,(H,24,28)/t21-/m1/s1. The number of hydrogen-bond donors (Lipinski definition) is 1. The third-order valence-corrected chi connectivity index (χ3v) is 6.60. The van der Waals surface area contributed by atoms with E-state index >= 15 is 0 Å². The van der Waals surface area contributed by atoms with E-state index in [9.17, 15) is 9.59 Å². The first-order chi connectivity index (χ1) is 14.2. The fourth-order valence-corrected chi connectivity index (χ4v) is 4.89. The second-order valence-electron chi connectivity index (χ2n) is 8.70. The van der Waals surface area contributed by atoms with Gasteiger partial charge in [0.15, 0.2) is 0 Å². The third kappa shape index (κ3) is 5.37. The number of nitrogens with one attached hydrogen (secondary N) is 1. The number of hydrogen-bond acceptors (Lipinski definition) is 4. The van der Waals surface area contributed by atoms with Gasteiger partial charge in [0.1, 0.15) is 0 Å². The zero-order valence-electron chi connectivity index (χ0n) is 17.4. The molecule has 1 aliphatic carbocycles. The third-order valence-electron chi connectivity index (χ3n) is 6.60. The minimum Gasteiger partial charge on any atom is -0.348 e. The number of piperidine rings is 1. The molecule has 2 saturated heterocycles. The van der Waals surface area contributed by atoms with Crippen LogP contribution in [0, 0.1) is 0 Å². The van der Waals surface area contributed by atoms with E-state index in [1.807, 2.05) is 4.90 Å². The summed E-state index contributed by atoms with van der Waals surface area (Å²) in [5.41, 5.74) is 2.66. The molecule has 0 radical (unpaired) electrons. The highest BCUT2D eigenvalue weighted by Crippen LogP contribution is 2.29. The van der Waals surface area contributed by atoms with Gasteiger partial charge < -0.3 is 10.2 Å². The van der Waals surface area contributed by atoms with E-state index in [4.69, 9.17) is 0 Å². The van der Waals surface area contributed by atoms with Crippen LogP contribution in [0.2, 0.25) is 0 Å². The summed E-state index contributed by atoms with van der Waals surface area (Å²) in [4.78, 5) is 31.6. The molecule has 2 amide bonds. The Bertz CT molecular complexity index is 709. The zero-order valence-corrected chi connectivity index (χ0v) is 17.4. The monoisotopic (exact) mass is 398 g/mol. The van der Waals surface area contributed by atoms with Gasteiger partial charge in [0.05, 0.1) is 19.1 Å². The quantitative estimate of drug-likeness (QED) is 0.822. The van der Waals surface area contributed by atoms with Gasteiger partial charge in [-0.3, -0.25) is 19.4 Å². The maximum Gasteiger partial charge on any atom is 0.236 e. The molecule has 1 aromatic carbocycles. The number of benzene rings is 1. The molecule has 1 atom stereocenters. The van der Waals surface area contributed by atoms with Crippen LogP contribution in [-0.4, -0.2) is 78.9 Å². The highest BCUT2D eigenvalue weighted by Gasteiger charge is 2.25. The lowest BCUT2D eigenvalue weighted by molar-refractivity contribution is -0.134. The first kappa shape index (κ1) is 20.4. The van der Waals surface area contributed by atoms with Crippen LogP contribution in [0.3, 0.4) is 0 Å². The largest absolute Gasteiger partial charge is 0.348 e.